The molecule has 0 radical (unpaired) electrons. The van der Waals surface area contributed by atoms with Gasteiger partial charge in [0, 0.05) is 17.6 Å². The van der Waals surface area contributed by atoms with Crippen LogP contribution in [0.15, 0.2) is 77.7 Å². The number of carbonyl (C=O) groups is 2. The number of amides is 2. The number of rotatable bonds is 12. The van der Waals surface area contributed by atoms with E-state index >= 15 is 0 Å². The quantitative estimate of drug-likeness (QED) is 0.289. The van der Waals surface area contributed by atoms with Crippen LogP contribution in [0.25, 0.3) is 0 Å². The van der Waals surface area contributed by atoms with Crippen molar-refractivity contribution in [3.63, 3.8) is 0 Å². The van der Waals surface area contributed by atoms with Crippen LogP contribution < -0.4 is 9.62 Å². The predicted molar refractivity (Wildman–Crippen MR) is 161 cm³/mol. The molecule has 0 spiro atoms. The van der Waals surface area contributed by atoms with Crippen LogP contribution in [-0.2, 0) is 26.2 Å². The van der Waals surface area contributed by atoms with Crippen molar-refractivity contribution in [2.75, 3.05) is 10.8 Å². The van der Waals surface area contributed by atoms with Crippen LogP contribution in [0.1, 0.15) is 50.3 Å². The van der Waals surface area contributed by atoms with Crippen molar-refractivity contribution in [3.8, 4) is 0 Å². The highest BCUT2D eigenvalue weighted by atomic mass is 35.5. The number of anilines is 1. The number of nitrogens with one attached hydrogen (secondary N) is 1. The molecule has 3 rings (SSSR count). The van der Waals surface area contributed by atoms with Gasteiger partial charge in [0.05, 0.1) is 10.6 Å². The maximum Gasteiger partial charge on any atom is 0.264 e. The Bertz CT molecular complexity index is 1410. The van der Waals surface area contributed by atoms with E-state index in [4.69, 9.17) is 11.6 Å². The van der Waals surface area contributed by atoms with Crippen molar-refractivity contribution in [1.29, 1.82) is 0 Å². The van der Waals surface area contributed by atoms with Crippen LogP contribution in [0.4, 0.5) is 5.69 Å². The average Bonchev–Trinajstić information content (AvgIpc) is 2.94. The SMILES string of the molecule is CC[C@H](C)NC(=O)[C@H](CC)N(Cc1ccc(C)cc1)C(=O)CN(c1cc(Cl)ccc1C)S(=O)(=O)c1ccccc1. The summed E-state index contributed by atoms with van der Waals surface area (Å²) in [5, 5.41) is 3.33. The highest BCUT2D eigenvalue weighted by Crippen LogP contribution is 2.30. The number of hydrogen-bond donors (Lipinski definition) is 1. The van der Waals surface area contributed by atoms with E-state index in [-0.39, 0.29) is 23.4 Å². The molecule has 0 saturated carbocycles. The Hall–Kier alpha value is -3.36. The second-order valence-corrected chi connectivity index (χ2v) is 12.3. The van der Waals surface area contributed by atoms with E-state index in [9.17, 15) is 18.0 Å². The van der Waals surface area contributed by atoms with E-state index in [0.717, 1.165) is 21.9 Å². The number of benzene rings is 3. The third-order valence-corrected chi connectivity index (χ3v) is 8.92. The van der Waals surface area contributed by atoms with Gasteiger partial charge in [-0.3, -0.25) is 13.9 Å². The van der Waals surface area contributed by atoms with E-state index in [1.165, 1.54) is 17.0 Å². The third-order valence-electron chi connectivity index (χ3n) is 6.91. The Morgan fingerprint density at radius 1 is 0.925 bits per heavy atom. The van der Waals surface area contributed by atoms with E-state index in [0.29, 0.717) is 22.7 Å². The van der Waals surface area contributed by atoms with E-state index in [1.807, 2.05) is 52.0 Å². The Morgan fingerprint density at radius 2 is 1.57 bits per heavy atom. The molecule has 0 fully saturated rings. The van der Waals surface area contributed by atoms with Crippen molar-refractivity contribution in [2.45, 2.75) is 71.0 Å². The van der Waals surface area contributed by atoms with Gasteiger partial charge < -0.3 is 10.2 Å². The van der Waals surface area contributed by atoms with Crippen LogP contribution in [0, 0.1) is 13.8 Å². The van der Waals surface area contributed by atoms with Crippen molar-refractivity contribution in [2.24, 2.45) is 0 Å². The molecule has 0 heterocycles. The number of hydrogen-bond acceptors (Lipinski definition) is 4. The van der Waals surface area contributed by atoms with Crippen molar-refractivity contribution in [3.05, 3.63) is 94.5 Å². The molecule has 0 unspecified atom stereocenters. The van der Waals surface area contributed by atoms with E-state index in [1.54, 1.807) is 43.3 Å². The van der Waals surface area contributed by atoms with Crippen LogP contribution in [0.5, 0.6) is 0 Å². The summed E-state index contributed by atoms with van der Waals surface area (Å²) < 4.78 is 29.0. The molecule has 0 saturated heterocycles. The first-order valence-electron chi connectivity index (χ1n) is 13.5. The zero-order valence-corrected chi connectivity index (χ0v) is 25.3. The zero-order valence-electron chi connectivity index (χ0n) is 23.7. The van der Waals surface area contributed by atoms with Gasteiger partial charge in [-0.2, -0.15) is 0 Å². The van der Waals surface area contributed by atoms with E-state index < -0.39 is 28.5 Å². The van der Waals surface area contributed by atoms with Gasteiger partial charge in [0.2, 0.25) is 11.8 Å². The maximum atomic E-state index is 14.1. The molecular formula is C31H38ClN3O4S. The third kappa shape index (κ3) is 7.64. The highest BCUT2D eigenvalue weighted by Gasteiger charge is 2.34. The molecule has 0 bridgehead atoms. The lowest BCUT2D eigenvalue weighted by Crippen LogP contribution is -2.53. The topological polar surface area (TPSA) is 86.8 Å². The van der Waals surface area contributed by atoms with Gasteiger partial charge in [-0.15, -0.1) is 0 Å². The summed E-state index contributed by atoms with van der Waals surface area (Å²) in [6, 6.07) is 19.8. The lowest BCUT2D eigenvalue weighted by Gasteiger charge is -2.34. The lowest BCUT2D eigenvalue weighted by molar-refractivity contribution is -0.140. The van der Waals surface area contributed by atoms with Crippen LogP contribution >= 0.6 is 11.6 Å². The summed E-state index contributed by atoms with van der Waals surface area (Å²) >= 11 is 6.28. The second-order valence-electron chi connectivity index (χ2n) is 10.0. The summed E-state index contributed by atoms with van der Waals surface area (Å²) in [6.07, 6.45) is 1.10. The number of nitrogens with zero attached hydrogens (tertiary/aromatic N) is 2. The first kappa shape index (κ1) is 31.2. The van der Waals surface area contributed by atoms with E-state index in [2.05, 4.69) is 5.32 Å². The molecule has 3 aromatic carbocycles. The molecule has 0 aromatic heterocycles. The first-order chi connectivity index (χ1) is 19.0. The standard InChI is InChI=1S/C31H38ClN3O4S/c1-6-24(5)33-31(37)28(7-2)34(20-25-16-13-22(3)14-17-25)30(36)21-35(29-19-26(32)18-15-23(29)4)40(38,39)27-11-9-8-10-12-27/h8-19,24,28H,6-7,20-21H2,1-5H3,(H,33,37)/t24-,28-/m0/s1. The molecule has 3 aromatic rings. The normalized spacial score (nSPS) is 12.8. The van der Waals surface area contributed by atoms with Gasteiger partial charge in [-0.05, 0) is 69.0 Å². The molecule has 0 aliphatic carbocycles. The summed E-state index contributed by atoms with van der Waals surface area (Å²) in [7, 11) is -4.15. The number of carbonyl (C=O) groups excluding carboxylic acids is 2. The molecule has 0 aliphatic rings. The van der Waals surface area contributed by atoms with Gasteiger partial charge in [-0.25, -0.2) is 8.42 Å². The fourth-order valence-electron chi connectivity index (χ4n) is 4.34. The minimum atomic E-state index is -4.15. The Balaban J connectivity index is 2.08. The minimum Gasteiger partial charge on any atom is -0.352 e. The maximum absolute atomic E-state index is 14.1. The van der Waals surface area contributed by atoms with Gasteiger partial charge in [0.1, 0.15) is 12.6 Å². The minimum absolute atomic E-state index is 0.0498. The summed E-state index contributed by atoms with van der Waals surface area (Å²) in [5.41, 5.74) is 2.85. The molecule has 2 amide bonds. The summed E-state index contributed by atoms with van der Waals surface area (Å²) in [5.74, 6) is -0.765. The molecule has 1 N–H and O–H groups in total. The van der Waals surface area contributed by atoms with Crippen LogP contribution in [0.2, 0.25) is 5.02 Å². The Labute approximate surface area is 243 Å². The Kier molecular flexibility index (Phi) is 10.8. The van der Waals surface area contributed by atoms with Gasteiger partial charge in [0.15, 0.2) is 0 Å². The van der Waals surface area contributed by atoms with Gasteiger partial charge >= 0.3 is 0 Å². The van der Waals surface area contributed by atoms with Crippen molar-refractivity contribution in [1.82, 2.24) is 10.2 Å². The predicted octanol–water partition coefficient (Wildman–Crippen LogP) is 5.87. The van der Waals surface area contributed by atoms with Crippen molar-refractivity contribution >= 4 is 39.1 Å². The number of aryl methyl sites for hydroxylation is 2. The van der Waals surface area contributed by atoms with Crippen LogP contribution in [0.3, 0.4) is 0 Å². The number of sulfonamides is 1. The van der Waals surface area contributed by atoms with Crippen molar-refractivity contribution < 1.29 is 18.0 Å². The monoisotopic (exact) mass is 583 g/mol. The molecule has 40 heavy (non-hydrogen) atoms. The Morgan fingerprint density at radius 3 is 2.17 bits per heavy atom. The largest absolute Gasteiger partial charge is 0.352 e. The summed E-state index contributed by atoms with van der Waals surface area (Å²) in [4.78, 5) is 29.0. The highest BCUT2D eigenvalue weighted by molar-refractivity contribution is 7.92. The average molecular weight is 584 g/mol. The van der Waals surface area contributed by atoms with Gasteiger partial charge in [0.25, 0.3) is 10.0 Å². The first-order valence-corrected chi connectivity index (χ1v) is 15.3. The smallest absolute Gasteiger partial charge is 0.264 e. The molecule has 214 valence electrons. The fourth-order valence-corrected chi connectivity index (χ4v) is 5.99. The molecular weight excluding hydrogens is 546 g/mol. The number of halogens is 1. The summed E-state index contributed by atoms with van der Waals surface area (Å²) in [6.45, 7) is 9.11. The zero-order chi connectivity index (χ0) is 29.4. The molecule has 9 heteroatoms. The van der Waals surface area contributed by atoms with Crippen LogP contribution in [-0.4, -0.2) is 43.8 Å². The molecule has 2 atom stereocenters. The lowest BCUT2D eigenvalue weighted by atomic mass is 10.1. The fraction of sp³-hybridized carbons (Fsp3) is 0.355. The van der Waals surface area contributed by atoms with Gasteiger partial charge in [-0.1, -0.05) is 79.5 Å². The second kappa shape index (κ2) is 13.8. The molecule has 7 nitrogen and oxygen atoms in total. The molecule has 0 aliphatic heterocycles.